The topological polar surface area (TPSA) is 49.6 Å². The molecule has 2 heterocycles. The van der Waals surface area contributed by atoms with Crippen molar-refractivity contribution in [2.45, 2.75) is 18.4 Å². The highest BCUT2D eigenvalue weighted by atomic mass is 35.5. The van der Waals surface area contributed by atoms with Gasteiger partial charge in [0.05, 0.1) is 18.0 Å². The van der Waals surface area contributed by atoms with Crippen LogP contribution in [0.2, 0.25) is 5.02 Å². The van der Waals surface area contributed by atoms with Crippen molar-refractivity contribution in [3.05, 3.63) is 46.8 Å². The summed E-state index contributed by atoms with van der Waals surface area (Å²) in [5.74, 6) is 1.53. The highest BCUT2D eigenvalue weighted by molar-refractivity contribution is 8.00. The number of hydrogen-bond donors (Lipinski definition) is 0. The minimum atomic E-state index is 0.185. The Kier molecular flexibility index (Phi) is 5.81. The smallest absolute Gasteiger partial charge is 0.233 e. The summed E-state index contributed by atoms with van der Waals surface area (Å²) in [6, 6.07) is 9.53. The molecule has 1 amide bonds. The van der Waals surface area contributed by atoms with Crippen LogP contribution in [0.25, 0.3) is 0 Å². The van der Waals surface area contributed by atoms with Crippen LogP contribution in [0.5, 0.6) is 0 Å². The Balaban J connectivity index is 1.42. The zero-order valence-corrected chi connectivity index (χ0v) is 15.1. The van der Waals surface area contributed by atoms with Crippen molar-refractivity contribution in [2.24, 2.45) is 0 Å². The van der Waals surface area contributed by atoms with E-state index in [4.69, 9.17) is 16.1 Å². The summed E-state index contributed by atoms with van der Waals surface area (Å²) in [6.45, 7) is 5.90. The average Bonchev–Trinajstić information content (AvgIpc) is 2.99. The number of rotatable bonds is 5. The van der Waals surface area contributed by atoms with Gasteiger partial charge in [0.15, 0.2) is 5.76 Å². The van der Waals surface area contributed by atoms with Crippen LogP contribution in [0, 0.1) is 6.92 Å². The van der Waals surface area contributed by atoms with E-state index >= 15 is 0 Å². The van der Waals surface area contributed by atoms with Gasteiger partial charge in [0.25, 0.3) is 0 Å². The fourth-order valence-electron chi connectivity index (χ4n) is 2.63. The van der Waals surface area contributed by atoms with Crippen molar-refractivity contribution < 1.29 is 9.32 Å². The fraction of sp³-hybridized carbons (Fsp3) is 0.412. The van der Waals surface area contributed by atoms with E-state index < -0.39 is 0 Å². The predicted molar refractivity (Wildman–Crippen MR) is 95.3 cm³/mol. The molecule has 1 fully saturated rings. The summed E-state index contributed by atoms with van der Waals surface area (Å²) in [6.07, 6.45) is 0. The van der Waals surface area contributed by atoms with Gasteiger partial charge in [-0.1, -0.05) is 16.8 Å². The van der Waals surface area contributed by atoms with Crippen LogP contribution in [0.4, 0.5) is 0 Å². The molecule has 0 unspecified atom stereocenters. The van der Waals surface area contributed by atoms with Crippen LogP contribution in [0.3, 0.4) is 0 Å². The van der Waals surface area contributed by atoms with E-state index in [0.717, 1.165) is 49.1 Å². The first-order valence-electron chi connectivity index (χ1n) is 7.91. The Morgan fingerprint density at radius 3 is 2.58 bits per heavy atom. The average molecular weight is 366 g/mol. The molecule has 1 saturated heterocycles. The molecule has 24 heavy (non-hydrogen) atoms. The van der Waals surface area contributed by atoms with Crippen molar-refractivity contribution in [1.82, 2.24) is 15.0 Å². The monoisotopic (exact) mass is 365 g/mol. The molecule has 1 aliphatic heterocycles. The molecule has 0 spiro atoms. The van der Waals surface area contributed by atoms with E-state index in [1.54, 1.807) is 11.8 Å². The fourth-order valence-corrected chi connectivity index (χ4v) is 3.56. The number of amides is 1. The first-order valence-corrected chi connectivity index (χ1v) is 9.27. The van der Waals surface area contributed by atoms with Gasteiger partial charge < -0.3 is 9.42 Å². The van der Waals surface area contributed by atoms with E-state index in [-0.39, 0.29) is 5.91 Å². The Labute approximate surface area is 150 Å². The number of nitrogens with zero attached hydrogens (tertiary/aromatic N) is 3. The van der Waals surface area contributed by atoms with Crippen LogP contribution in [0.15, 0.2) is 39.8 Å². The second kappa shape index (κ2) is 8.05. The molecule has 3 rings (SSSR count). The van der Waals surface area contributed by atoms with Gasteiger partial charge >= 0.3 is 0 Å². The minimum absolute atomic E-state index is 0.185. The molecule has 0 atom stereocenters. The standard InChI is InChI=1S/C17H20ClN3O2S/c1-13-10-15(23-19-13)11-20-6-8-21(9-7-20)17(22)12-24-16-4-2-14(18)3-5-16/h2-5,10H,6-9,11-12H2,1H3. The van der Waals surface area contributed by atoms with Gasteiger partial charge in [0, 0.05) is 42.2 Å². The lowest BCUT2D eigenvalue weighted by Gasteiger charge is -2.34. The lowest BCUT2D eigenvalue weighted by atomic mass is 10.3. The molecule has 0 radical (unpaired) electrons. The van der Waals surface area contributed by atoms with E-state index in [0.29, 0.717) is 10.8 Å². The number of hydrogen-bond acceptors (Lipinski definition) is 5. The number of carbonyl (C=O) groups is 1. The van der Waals surface area contributed by atoms with Gasteiger partial charge in [0.2, 0.25) is 5.91 Å². The molecule has 128 valence electrons. The Morgan fingerprint density at radius 2 is 1.96 bits per heavy atom. The highest BCUT2D eigenvalue weighted by Gasteiger charge is 2.21. The molecular formula is C17H20ClN3O2S. The number of aromatic nitrogens is 1. The predicted octanol–water partition coefficient (Wildman–Crippen LogP) is 3.07. The van der Waals surface area contributed by atoms with Crippen molar-refractivity contribution >= 4 is 29.3 Å². The minimum Gasteiger partial charge on any atom is -0.360 e. The number of thioether (sulfide) groups is 1. The van der Waals surface area contributed by atoms with E-state index in [1.807, 2.05) is 42.2 Å². The largest absolute Gasteiger partial charge is 0.360 e. The Morgan fingerprint density at radius 1 is 1.25 bits per heavy atom. The quantitative estimate of drug-likeness (QED) is 0.762. The maximum atomic E-state index is 12.3. The van der Waals surface area contributed by atoms with Crippen molar-refractivity contribution in [2.75, 3.05) is 31.9 Å². The van der Waals surface area contributed by atoms with Gasteiger partial charge in [-0.15, -0.1) is 11.8 Å². The van der Waals surface area contributed by atoms with Gasteiger partial charge in [-0.25, -0.2) is 0 Å². The summed E-state index contributed by atoms with van der Waals surface area (Å²) in [4.78, 5) is 17.6. The van der Waals surface area contributed by atoms with Crippen molar-refractivity contribution in [1.29, 1.82) is 0 Å². The molecular weight excluding hydrogens is 346 g/mol. The van der Waals surface area contributed by atoms with E-state index in [1.165, 1.54) is 0 Å². The van der Waals surface area contributed by atoms with Crippen LogP contribution >= 0.6 is 23.4 Å². The van der Waals surface area contributed by atoms with Crippen LogP contribution in [-0.4, -0.2) is 52.8 Å². The molecule has 1 aromatic heterocycles. The van der Waals surface area contributed by atoms with Crippen LogP contribution in [0.1, 0.15) is 11.5 Å². The first kappa shape index (κ1) is 17.3. The van der Waals surface area contributed by atoms with Gasteiger partial charge in [-0.2, -0.15) is 0 Å². The van der Waals surface area contributed by atoms with Crippen molar-refractivity contribution in [3.8, 4) is 0 Å². The SMILES string of the molecule is Cc1cc(CN2CCN(C(=O)CSc3ccc(Cl)cc3)CC2)on1. The maximum Gasteiger partial charge on any atom is 0.233 e. The molecule has 0 bridgehead atoms. The van der Waals surface area contributed by atoms with Crippen LogP contribution in [-0.2, 0) is 11.3 Å². The third kappa shape index (κ3) is 4.75. The van der Waals surface area contributed by atoms with Crippen molar-refractivity contribution in [3.63, 3.8) is 0 Å². The lowest BCUT2D eigenvalue weighted by Crippen LogP contribution is -2.48. The summed E-state index contributed by atoms with van der Waals surface area (Å²) in [5.41, 5.74) is 0.901. The second-order valence-corrected chi connectivity index (χ2v) is 7.32. The number of carbonyl (C=O) groups excluding carboxylic acids is 1. The van der Waals surface area contributed by atoms with Crippen LogP contribution < -0.4 is 0 Å². The normalized spacial score (nSPS) is 15.7. The molecule has 7 heteroatoms. The number of aryl methyl sites for hydroxylation is 1. The number of halogens is 1. The number of piperazine rings is 1. The molecule has 0 saturated carbocycles. The molecule has 1 aromatic carbocycles. The summed E-state index contributed by atoms with van der Waals surface area (Å²) in [7, 11) is 0. The van der Waals surface area contributed by atoms with Gasteiger partial charge in [0.1, 0.15) is 0 Å². The number of benzene rings is 1. The molecule has 1 aliphatic rings. The second-order valence-electron chi connectivity index (χ2n) is 5.83. The van der Waals surface area contributed by atoms with Gasteiger partial charge in [-0.3, -0.25) is 9.69 Å². The third-order valence-corrected chi connectivity index (χ3v) is 5.21. The first-order chi connectivity index (χ1) is 11.6. The zero-order chi connectivity index (χ0) is 16.9. The highest BCUT2D eigenvalue weighted by Crippen LogP contribution is 2.21. The Bertz CT molecular complexity index is 681. The summed E-state index contributed by atoms with van der Waals surface area (Å²) in [5, 5.41) is 4.62. The third-order valence-electron chi connectivity index (χ3n) is 3.96. The van der Waals surface area contributed by atoms with E-state index in [2.05, 4.69) is 10.1 Å². The molecule has 5 nitrogen and oxygen atoms in total. The Hall–Kier alpha value is -1.50. The molecule has 0 aliphatic carbocycles. The molecule has 2 aromatic rings. The summed E-state index contributed by atoms with van der Waals surface area (Å²) < 4.78 is 5.25. The lowest BCUT2D eigenvalue weighted by molar-refractivity contribution is -0.130. The molecule has 0 N–H and O–H groups in total. The zero-order valence-electron chi connectivity index (χ0n) is 13.6. The summed E-state index contributed by atoms with van der Waals surface area (Å²) >= 11 is 7.42. The van der Waals surface area contributed by atoms with Gasteiger partial charge in [-0.05, 0) is 31.2 Å². The van der Waals surface area contributed by atoms with E-state index in [9.17, 15) is 4.79 Å². The maximum absolute atomic E-state index is 12.3.